The van der Waals surface area contributed by atoms with Gasteiger partial charge in [0, 0.05) is 0 Å². The zero-order chi connectivity index (χ0) is 34.9. The van der Waals surface area contributed by atoms with Crippen molar-refractivity contribution < 1.29 is 77.5 Å². The molecule has 1 saturated heterocycles. The van der Waals surface area contributed by atoms with Crippen LogP contribution in [0.1, 0.15) is 113 Å². The van der Waals surface area contributed by atoms with Crippen LogP contribution in [-0.4, -0.2) is 89.4 Å². The van der Waals surface area contributed by atoms with Gasteiger partial charge in [-0.2, -0.15) is 0 Å². The summed E-state index contributed by atoms with van der Waals surface area (Å²) in [5.74, 6) is 0.508. The molecule has 5 rings (SSSR count). The first-order valence-corrected chi connectivity index (χ1v) is 18.8. The molecule has 5 aliphatic rings. The number of allylic oxidation sites excluding steroid dienone is 2. The van der Waals surface area contributed by atoms with E-state index in [1.54, 1.807) is 0 Å². The molecule has 0 amide bonds. The van der Waals surface area contributed by atoms with Crippen LogP contribution in [0.3, 0.4) is 0 Å². The SMILES string of the molecule is CC(C)=CCC[C@](C)(O[C@@H]1O[C@H](COS(=O)[O-])[C@@H](O)[C@H](O)[C@H]1O)C1CC[C@]2(C)C1[C@H](O)CC1[C@@]3(C)CC[C@H](O)C(C)(C)C3CC[C@]12C.[Na+]. The van der Waals surface area contributed by atoms with Crippen molar-refractivity contribution in [2.75, 3.05) is 6.61 Å². The largest absolute Gasteiger partial charge is 1.00 e. The van der Waals surface area contributed by atoms with Gasteiger partial charge in [-0.3, -0.25) is 4.18 Å². The van der Waals surface area contributed by atoms with E-state index in [0.717, 1.165) is 44.1 Å². The van der Waals surface area contributed by atoms with E-state index in [4.69, 9.17) is 9.47 Å². The number of fused-ring (bicyclic) bond motifs is 5. The van der Waals surface area contributed by atoms with Gasteiger partial charge >= 0.3 is 29.6 Å². The molecule has 0 aromatic carbocycles. The fourth-order valence-electron chi connectivity index (χ4n) is 12.0. The molecule has 48 heavy (non-hydrogen) atoms. The van der Waals surface area contributed by atoms with Crippen molar-refractivity contribution in [1.29, 1.82) is 0 Å². The van der Waals surface area contributed by atoms with Gasteiger partial charge in [-0.1, -0.05) is 46.3 Å². The maximum absolute atomic E-state index is 12.3. The topological polar surface area (TPSA) is 169 Å². The first kappa shape index (κ1) is 41.3. The van der Waals surface area contributed by atoms with Gasteiger partial charge in [-0.05, 0) is 124 Å². The average Bonchev–Trinajstić information content (AvgIpc) is 3.36. The molecular formula is C36H61NaO10S. The molecule has 10 nitrogen and oxygen atoms in total. The fraction of sp³-hybridized carbons (Fsp3) is 0.944. The van der Waals surface area contributed by atoms with E-state index in [0.29, 0.717) is 31.1 Å². The minimum Gasteiger partial charge on any atom is -0.750 e. The Kier molecular flexibility index (Phi) is 12.7. The summed E-state index contributed by atoms with van der Waals surface area (Å²) in [7, 11) is 0. The first-order valence-electron chi connectivity index (χ1n) is 17.8. The molecule has 272 valence electrons. The summed E-state index contributed by atoms with van der Waals surface area (Å²) < 4.78 is 39.5. The summed E-state index contributed by atoms with van der Waals surface area (Å²) in [5.41, 5.74) is -0.126. The second-order valence-corrected chi connectivity index (χ2v) is 18.2. The third kappa shape index (κ3) is 6.87. The van der Waals surface area contributed by atoms with Crippen molar-refractivity contribution >= 4 is 11.4 Å². The van der Waals surface area contributed by atoms with Crippen LogP contribution in [0.25, 0.3) is 0 Å². The zero-order valence-corrected chi connectivity index (χ0v) is 33.5. The van der Waals surface area contributed by atoms with Crippen LogP contribution < -0.4 is 29.6 Å². The van der Waals surface area contributed by atoms with E-state index in [1.165, 1.54) is 0 Å². The molecule has 12 heteroatoms. The van der Waals surface area contributed by atoms with E-state index >= 15 is 0 Å². The molecule has 0 aromatic rings. The van der Waals surface area contributed by atoms with E-state index in [1.807, 2.05) is 20.8 Å². The van der Waals surface area contributed by atoms with E-state index in [-0.39, 0.29) is 69.2 Å². The van der Waals surface area contributed by atoms with E-state index in [9.17, 15) is 34.3 Å². The molecule has 5 unspecified atom stereocenters. The minimum atomic E-state index is -2.85. The van der Waals surface area contributed by atoms with Gasteiger partial charge < -0.3 is 39.6 Å². The summed E-state index contributed by atoms with van der Waals surface area (Å²) in [5, 5.41) is 55.6. The second kappa shape index (κ2) is 14.7. The Labute approximate surface area is 312 Å². The van der Waals surface area contributed by atoms with Crippen molar-refractivity contribution in [3.63, 3.8) is 0 Å². The number of hydrogen-bond donors (Lipinski definition) is 5. The fourth-order valence-corrected chi connectivity index (χ4v) is 12.2. The van der Waals surface area contributed by atoms with Crippen LogP contribution in [-0.2, 0) is 25.0 Å². The quantitative estimate of drug-likeness (QED) is 0.133. The molecule has 0 bridgehead atoms. The third-order valence-electron chi connectivity index (χ3n) is 14.7. The molecular weight excluding hydrogens is 647 g/mol. The van der Waals surface area contributed by atoms with Crippen LogP contribution in [0.15, 0.2) is 11.6 Å². The van der Waals surface area contributed by atoms with Crippen molar-refractivity contribution in [3.05, 3.63) is 11.6 Å². The molecule has 0 spiro atoms. The molecule has 4 saturated carbocycles. The average molecular weight is 709 g/mol. The molecule has 16 atom stereocenters. The van der Waals surface area contributed by atoms with Crippen LogP contribution in [0.4, 0.5) is 0 Å². The van der Waals surface area contributed by atoms with Gasteiger partial charge in [0.1, 0.15) is 24.4 Å². The summed E-state index contributed by atoms with van der Waals surface area (Å²) in [6, 6.07) is 0. The Morgan fingerprint density at radius 3 is 2.21 bits per heavy atom. The Balaban J connectivity index is 0.00000520. The number of aliphatic hydroxyl groups is 5. The second-order valence-electron chi connectivity index (χ2n) is 17.6. The van der Waals surface area contributed by atoms with Crippen LogP contribution in [0, 0.1) is 45.3 Å². The predicted molar refractivity (Wildman–Crippen MR) is 176 cm³/mol. The van der Waals surface area contributed by atoms with Gasteiger partial charge in [0.15, 0.2) is 6.29 Å². The normalized spacial score (nSPS) is 48.6. The maximum Gasteiger partial charge on any atom is 1.00 e. The standard InChI is InChI=1S/C36H62O10S.Na/c1-20(2)10-9-14-36(8,46-31-30(41)29(40)28(39)23(45-31)19-44-47(42)43)21-11-16-35(7)27(21)22(37)18-25-33(5)15-13-26(38)32(3,4)24(33)12-17-34(25,35)6;/h10,21-31,37-41H,9,11-19H2,1-8H3,(H,42,43);/q;+1/p-1/t21?,22-,23-,24?,25?,26+,27?,28-,29+,30-,31+,33+,34-,35-,36+;/m1./s1. The molecule has 1 aliphatic heterocycles. The molecule has 0 aromatic heterocycles. The van der Waals surface area contributed by atoms with Gasteiger partial charge in [-0.15, -0.1) is 0 Å². The van der Waals surface area contributed by atoms with Crippen LogP contribution >= 0.6 is 0 Å². The molecule has 0 radical (unpaired) electrons. The Morgan fingerprint density at radius 1 is 0.938 bits per heavy atom. The van der Waals surface area contributed by atoms with Crippen molar-refractivity contribution in [2.24, 2.45) is 45.3 Å². The van der Waals surface area contributed by atoms with Gasteiger partial charge in [0.05, 0.1) is 35.8 Å². The number of hydrogen-bond acceptors (Lipinski definition) is 10. The molecule has 5 fully saturated rings. The van der Waals surface area contributed by atoms with E-state index in [2.05, 4.69) is 44.9 Å². The third-order valence-corrected chi connectivity index (χ3v) is 15.1. The van der Waals surface area contributed by atoms with Crippen LogP contribution in [0.5, 0.6) is 0 Å². The minimum absolute atomic E-state index is 0. The summed E-state index contributed by atoms with van der Waals surface area (Å²) in [4.78, 5) is 0. The van der Waals surface area contributed by atoms with Crippen LogP contribution in [0.2, 0.25) is 0 Å². The molecule has 5 N–H and O–H groups in total. The number of aliphatic hydroxyl groups excluding tert-OH is 5. The monoisotopic (exact) mass is 708 g/mol. The molecule has 1 heterocycles. The van der Waals surface area contributed by atoms with Crippen molar-refractivity contribution in [1.82, 2.24) is 0 Å². The summed E-state index contributed by atoms with van der Waals surface area (Å²) in [6.45, 7) is 17.2. The smallest absolute Gasteiger partial charge is 0.750 e. The summed E-state index contributed by atoms with van der Waals surface area (Å²) >= 11 is -2.85. The molecule has 4 aliphatic carbocycles. The Morgan fingerprint density at radius 2 is 1.58 bits per heavy atom. The number of ether oxygens (including phenoxy) is 2. The number of rotatable bonds is 9. The van der Waals surface area contributed by atoms with Gasteiger partial charge in [0.2, 0.25) is 0 Å². The van der Waals surface area contributed by atoms with Gasteiger partial charge in [0.25, 0.3) is 0 Å². The first-order chi connectivity index (χ1) is 21.7. The Bertz CT molecular complexity index is 1200. The maximum atomic E-state index is 12.3. The van der Waals surface area contributed by atoms with Gasteiger partial charge in [-0.25, -0.2) is 4.21 Å². The van der Waals surface area contributed by atoms with Crippen molar-refractivity contribution in [3.8, 4) is 0 Å². The zero-order valence-electron chi connectivity index (χ0n) is 30.7. The Hall–Kier alpha value is 0.530. The van der Waals surface area contributed by atoms with Crippen molar-refractivity contribution in [2.45, 2.75) is 162 Å². The predicted octanol–water partition coefficient (Wildman–Crippen LogP) is 1.15. The summed E-state index contributed by atoms with van der Waals surface area (Å²) in [6.07, 6.45) is 1.40. The van der Waals surface area contributed by atoms with E-state index < -0.39 is 60.4 Å².